The van der Waals surface area contributed by atoms with E-state index in [1.807, 2.05) is 45.9 Å². The Morgan fingerprint density at radius 1 is 1.36 bits per heavy atom. The van der Waals surface area contributed by atoms with Crippen LogP contribution in [0.1, 0.15) is 45.2 Å². The lowest BCUT2D eigenvalue weighted by Gasteiger charge is -2.22. The van der Waals surface area contributed by atoms with E-state index < -0.39 is 5.41 Å². The van der Waals surface area contributed by atoms with Gasteiger partial charge in [0, 0.05) is 30.3 Å². The molecule has 28 heavy (non-hydrogen) atoms. The normalized spacial score (nSPS) is 12.9. The summed E-state index contributed by atoms with van der Waals surface area (Å²) in [7, 11) is 0. The summed E-state index contributed by atoms with van der Waals surface area (Å²) in [6.45, 7) is 11.2. The van der Waals surface area contributed by atoms with E-state index in [0.717, 1.165) is 23.4 Å². The molecule has 0 aliphatic carbocycles. The highest BCUT2D eigenvalue weighted by Crippen LogP contribution is 2.20. The minimum absolute atomic E-state index is 0.0193. The van der Waals surface area contributed by atoms with Crippen LogP contribution in [0, 0.1) is 23.7 Å². The Balaban J connectivity index is 2.39. The van der Waals surface area contributed by atoms with Gasteiger partial charge in [-0.2, -0.15) is 5.26 Å². The quantitative estimate of drug-likeness (QED) is 0.813. The molecule has 0 aliphatic heterocycles. The molecule has 2 aromatic rings. The Labute approximate surface area is 169 Å². The van der Waals surface area contributed by atoms with E-state index >= 15 is 0 Å². The summed E-state index contributed by atoms with van der Waals surface area (Å²) in [4.78, 5) is 29.4. The predicted octanol–water partition coefficient (Wildman–Crippen LogP) is 2.71. The monoisotopic (exact) mass is 397 g/mol. The highest BCUT2D eigenvalue weighted by molar-refractivity contribution is 7.07. The zero-order chi connectivity index (χ0) is 20.9. The third kappa shape index (κ3) is 5.43. The summed E-state index contributed by atoms with van der Waals surface area (Å²) in [6.07, 6.45) is 3.85. The number of Topliss-reactive ketones (excluding diaryl/α,β-unsaturated/α-hetero) is 1. The Morgan fingerprint density at radius 3 is 2.64 bits per heavy atom. The number of nitrogens with one attached hydrogen (secondary N) is 1. The molecule has 0 saturated heterocycles. The highest BCUT2D eigenvalue weighted by atomic mass is 32.1. The molecule has 0 amide bonds. The third-order valence-electron chi connectivity index (χ3n) is 4.46. The number of benzene rings is 1. The van der Waals surface area contributed by atoms with Gasteiger partial charge >= 0.3 is 0 Å². The fraction of sp³-hybridized carbons (Fsp3) is 0.409. The molecule has 1 aromatic heterocycles. The van der Waals surface area contributed by atoms with E-state index in [1.165, 1.54) is 17.4 Å². The predicted molar refractivity (Wildman–Crippen MR) is 116 cm³/mol. The molecule has 0 unspecified atom stereocenters. The molecule has 1 heterocycles. The van der Waals surface area contributed by atoms with Crippen LogP contribution in [-0.2, 0) is 4.79 Å². The minimum Gasteiger partial charge on any atom is -0.371 e. The van der Waals surface area contributed by atoms with Gasteiger partial charge < -0.3 is 9.88 Å². The standard InChI is InChI=1S/C22H27N3O2S/c1-6-25(11-7-10-23)17-9-8-16(15(2)12-17)13-18-21(27)24-20(28-18)14-19(26)22(3,4)5/h8-9,12-14H,6-7,11H2,1-5H3,(H,24,27)/b18-13-,20-14-. The van der Waals surface area contributed by atoms with Crippen molar-refractivity contribution in [2.45, 2.75) is 41.0 Å². The van der Waals surface area contributed by atoms with Gasteiger partial charge in [0.1, 0.15) is 0 Å². The van der Waals surface area contributed by atoms with Crippen molar-refractivity contribution in [1.29, 1.82) is 5.26 Å². The van der Waals surface area contributed by atoms with Crippen LogP contribution in [0.2, 0.25) is 0 Å². The van der Waals surface area contributed by atoms with Crippen molar-refractivity contribution in [3.8, 4) is 6.07 Å². The van der Waals surface area contributed by atoms with Gasteiger partial charge in [0.15, 0.2) is 5.78 Å². The minimum atomic E-state index is -0.478. The summed E-state index contributed by atoms with van der Waals surface area (Å²) >= 11 is 1.29. The van der Waals surface area contributed by atoms with Gasteiger partial charge in [-0.1, -0.05) is 26.8 Å². The molecule has 0 fully saturated rings. The molecule has 1 N–H and O–H groups in total. The van der Waals surface area contributed by atoms with Crippen LogP contribution in [-0.4, -0.2) is 23.9 Å². The van der Waals surface area contributed by atoms with Gasteiger partial charge in [-0.3, -0.25) is 9.59 Å². The fourth-order valence-electron chi connectivity index (χ4n) is 2.67. The number of carbonyl (C=O) groups is 1. The van der Waals surface area contributed by atoms with E-state index in [9.17, 15) is 9.59 Å². The van der Waals surface area contributed by atoms with Crippen molar-refractivity contribution in [3.05, 3.63) is 48.9 Å². The van der Waals surface area contributed by atoms with Crippen LogP contribution in [0.4, 0.5) is 5.69 Å². The number of rotatable bonds is 6. The van der Waals surface area contributed by atoms with E-state index in [0.29, 0.717) is 22.2 Å². The van der Waals surface area contributed by atoms with E-state index in [4.69, 9.17) is 5.26 Å². The Bertz CT molecular complexity index is 1060. The van der Waals surface area contributed by atoms with Crippen LogP contribution in [0.3, 0.4) is 0 Å². The van der Waals surface area contributed by atoms with Crippen molar-refractivity contribution in [2.75, 3.05) is 18.0 Å². The molecule has 0 atom stereocenters. The zero-order valence-electron chi connectivity index (χ0n) is 17.1. The van der Waals surface area contributed by atoms with E-state index in [-0.39, 0.29) is 11.3 Å². The maximum absolute atomic E-state index is 12.3. The molecule has 5 nitrogen and oxygen atoms in total. The third-order valence-corrected chi connectivity index (χ3v) is 5.43. The van der Waals surface area contributed by atoms with Crippen molar-refractivity contribution in [3.63, 3.8) is 0 Å². The summed E-state index contributed by atoms with van der Waals surface area (Å²) in [5.41, 5.74) is 2.41. The van der Waals surface area contributed by atoms with E-state index in [1.54, 1.807) is 0 Å². The number of thiazole rings is 1. The largest absolute Gasteiger partial charge is 0.371 e. The van der Waals surface area contributed by atoms with Crippen LogP contribution < -0.4 is 19.7 Å². The molecule has 0 radical (unpaired) electrons. The first-order chi connectivity index (χ1) is 13.2. The SMILES string of the molecule is CCN(CCC#N)c1ccc(/C=c2\s/c(=C\C(=O)C(C)(C)C)[nH]c2=O)c(C)c1. The number of aromatic amines is 1. The number of nitriles is 1. The number of H-pyrrole nitrogens is 1. The van der Waals surface area contributed by atoms with E-state index in [2.05, 4.69) is 28.9 Å². The van der Waals surface area contributed by atoms with Gasteiger partial charge in [-0.15, -0.1) is 11.3 Å². The van der Waals surface area contributed by atoms with Crippen molar-refractivity contribution >= 4 is 35.0 Å². The molecule has 1 aromatic carbocycles. The Hall–Kier alpha value is -2.65. The molecular formula is C22H27N3O2S. The van der Waals surface area contributed by atoms with Gasteiger partial charge in [0.25, 0.3) is 5.56 Å². The van der Waals surface area contributed by atoms with Crippen LogP contribution >= 0.6 is 11.3 Å². The van der Waals surface area contributed by atoms with Crippen molar-refractivity contribution in [2.24, 2.45) is 5.41 Å². The first-order valence-corrected chi connectivity index (χ1v) is 10.2. The summed E-state index contributed by atoms with van der Waals surface area (Å²) in [5, 5.41) is 8.81. The molecule has 0 bridgehead atoms. The van der Waals surface area contributed by atoms with Crippen LogP contribution in [0.5, 0.6) is 0 Å². The smallest absolute Gasteiger partial charge is 0.266 e. The van der Waals surface area contributed by atoms with Crippen LogP contribution in [0.15, 0.2) is 23.0 Å². The summed E-state index contributed by atoms with van der Waals surface area (Å²) in [5.74, 6) is -0.0193. The molecule has 0 aliphatic rings. The molecule has 0 spiro atoms. The van der Waals surface area contributed by atoms with Gasteiger partial charge in [0.05, 0.1) is 21.7 Å². The van der Waals surface area contributed by atoms with Gasteiger partial charge in [-0.25, -0.2) is 0 Å². The molecule has 0 saturated carbocycles. The van der Waals surface area contributed by atoms with Gasteiger partial charge in [-0.05, 0) is 43.2 Å². The lowest BCUT2D eigenvalue weighted by molar-refractivity contribution is -0.119. The van der Waals surface area contributed by atoms with Crippen LogP contribution in [0.25, 0.3) is 12.2 Å². The first-order valence-electron chi connectivity index (χ1n) is 9.35. The number of aryl methyl sites for hydroxylation is 1. The zero-order valence-corrected chi connectivity index (χ0v) is 17.9. The highest BCUT2D eigenvalue weighted by Gasteiger charge is 2.18. The molecule has 2 rings (SSSR count). The topological polar surface area (TPSA) is 77.0 Å². The maximum atomic E-state index is 12.3. The first kappa shape index (κ1) is 21.6. The molecule has 6 heteroatoms. The lowest BCUT2D eigenvalue weighted by atomic mass is 9.91. The van der Waals surface area contributed by atoms with Gasteiger partial charge in [0.2, 0.25) is 0 Å². The number of aromatic nitrogens is 1. The Morgan fingerprint density at radius 2 is 2.07 bits per heavy atom. The summed E-state index contributed by atoms with van der Waals surface area (Å²) < 4.78 is 1.14. The maximum Gasteiger partial charge on any atom is 0.266 e. The number of nitrogens with zero attached hydrogens (tertiary/aromatic N) is 2. The number of ketones is 1. The second-order valence-electron chi connectivity index (χ2n) is 7.72. The number of anilines is 1. The molecular weight excluding hydrogens is 370 g/mol. The number of hydrogen-bond acceptors (Lipinski definition) is 5. The fourth-order valence-corrected chi connectivity index (χ4v) is 3.55. The number of carbonyl (C=O) groups excluding carboxylic acids is 1. The van der Waals surface area contributed by atoms with Crippen molar-refractivity contribution in [1.82, 2.24) is 4.98 Å². The second-order valence-corrected chi connectivity index (χ2v) is 8.80. The average molecular weight is 398 g/mol. The van der Waals surface area contributed by atoms with Crippen molar-refractivity contribution < 1.29 is 4.79 Å². The Kier molecular flexibility index (Phi) is 6.98. The average Bonchev–Trinajstić information content (AvgIpc) is 2.96. The molecule has 148 valence electrons. The number of hydrogen-bond donors (Lipinski definition) is 1. The summed E-state index contributed by atoms with van der Waals surface area (Å²) in [6, 6.07) is 8.25. The second kappa shape index (κ2) is 9.03. The lowest BCUT2D eigenvalue weighted by Crippen LogP contribution is -2.23.